The second-order valence-corrected chi connectivity index (χ2v) is 17.7. The van der Waals surface area contributed by atoms with Gasteiger partial charge in [0, 0.05) is 29.2 Å². The first-order chi connectivity index (χ1) is 27.7. The lowest BCUT2D eigenvalue weighted by atomic mass is 10.0. The molecule has 0 saturated carbocycles. The highest BCUT2D eigenvalue weighted by molar-refractivity contribution is 8.01. The number of β-lactam (4-membered cyclic amide) rings is 2. The molecule has 21 nitrogen and oxygen atoms in total. The van der Waals surface area contributed by atoms with Crippen LogP contribution in [0.1, 0.15) is 17.3 Å². The van der Waals surface area contributed by atoms with Gasteiger partial charge in [0.2, 0.25) is 17.0 Å². The number of carbonyl (C=O) groups is 6. The van der Waals surface area contributed by atoms with E-state index < -0.39 is 58.5 Å². The van der Waals surface area contributed by atoms with Crippen molar-refractivity contribution in [1.29, 1.82) is 0 Å². The lowest BCUT2D eigenvalue weighted by molar-refractivity contribution is -0.150. The Hall–Kier alpha value is -4.76. The van der Waals surface area contributed by atoms with Crippen LogP contribution >= 0.6 is 58.2 Å². The van der Waals surface area contributed by atoms with Crippen molar-refractivity contribution >= 4 is 98.9 Å². The molecule has 10 N–H and O–H groups in total. The first-order valence-electron chi connectivity index (χ1n) is 17.3. The minimum Gasteiger partial charge on any atom is -0.477 e. The number of nitrogen functional groups attached to an aromatic ring is 1. The zero-order valence-corrected chi connectivity index (χ0v) is 35.2. The van der Waals surface area contributed by atoms with Crippen molar-refractivity contribution in [2.75, 3.05) is 43.6 Å². The van der Waals surface area contributed by atoms with Crippen LogP contribution in [-0.2, 0) is 41.7 Å². The molecule has 3 aromatic rings. The summed E-state index contributed by atoms with van der Waals surface area (Å²) in [4.78, 5) is 81.4. The first-order valence-corrected chi connectivity index (χ1v) is 21.6. The summed E-state index contributed by atoms with van der Waals surface area (Å²) >= 11 is 11.2. The maximum atomic E-state index is 12.8. The van der Waals surface area contributed by atoms with Gasteiger partial charge in [-0.05, 0) is 35.7 Å². The minimum absolute atomic E-state index is 0. The van der Waals surface area contributed by atoms with Crippen molar-refractivity contribution in [2.45, 2.75) is 47.0 Å². The van der Waals surface area contributed by atoms with Crippen LogP contribution in [0.25, 0.3) is 0 Å². The fourth-order valence-electron chi connectivity index (χ4n) is 6.11. The number of likely N-dealkylation sites (N-methyl/N-ethyl adjacent to an activating group) is 1. The quantitative estimate of drug-likeness (QED) is 0.0847. The van der Waals surface area contributed by atoms with Gasteiger partial charge in [0.15, 0.2) is 5.13 Å². The van der Waals surface area contributed by atoms with Gasteiger partial charge in [-0.2, -0.15) is 0 Å². The Morgan fingerprint density at radius 2 is 1.63 bits per heavy atom. The topological polar surface area (TPSA) is 317 Å². The van der Waals surface area contributed by atoms with E-state index >= 15 is 0 Å². The number of anilines is 1. The Balaban J connectivity index is 0.000000233. The molecule has 316 valence electrons. The zero-order valence-electron chi connectivity index (χ0n) is 31.2. The molecule has 6 heterocycles. The lowest BCUT2D eigenvalue weighted by Gasteiger charge is -2.49. The van der Waals surface area contributed by atoms with Crippen LogP contribution in [0.15, 0.2) is 62.9 Å². The standard InChI is InChI=1S/C18H23N9O4S3.C15H14ClN3O4S.H2O/c1-25(2)3-4-26-18(22-23-24-26)34-7-9-6-32-15-12(14(29)27(15)13(9)16(30)31)21-11(28)5-10-8-33-17(19)20-10;16-8-6-24-14-10(13(21)19(14)11(8)15(22)23)18-12(20)9(17)7-4-2-1-3-5-7;/h8,12,15H,3-7H2,1-2H3,(H2,19,20)(H,21,28)(H,30,31);1-5,9-10,14H,6,17H2,(H,18,20)(H,22,23);1H2/t12-,15-;9-,10-,14-;/m11./s1. The molecule has 2 saturated heterocycles. The summed E-state index contributed by atoms with van der Waals surface area (Å²) in [5.41, 5.74) is 13.0. The van der Waals surface area contributed by atoms with Gasteiger partial charge in [-0.1, -0.05) is 53.7 Å². The number of hydrogen-bond donors (Lipinski definition) is 6. The van der Waals surface area contributed by atoms with Crippen LogP contribution in [0.3, 0.4) is 0 Å². The van der Waals surface area contributed by atoms with Crippen LogP contribution in [-0.4, -0.2) is 152 Å². The van der Waals surface area contributed by atoms with Crippen molar-refractivity contribution in [3.63, 3.8) is 0 Å². The van der Waals surface area contributed by atoms with Gasteiger partial charge in [0.05, 0.1) is 23.7 Å². The number of nitrogens with two attached hydrogens (primary N) is 2. The number of amides is 4. The number of hydrogen-bond acceptors (Lipinski definition) is 17. The second kappa shape index (κ2) is 19.5. The number of carboxylic acid groups (broad SMARTS) is 2. The summed E-state index contributed by atoms with van der Waals surface area (Å²) in [6, 6.07) is 6.29. The summed E-state index contributed by atoms with van der Waals surface area (Å²) < 4.78 is 1.67. The fourth-order valence-corrected chi connectivity index (χ4v) is 10.6. The van der Waals surface area contributed by atoms with Gasteiger partial charge in [-0.25, -0.2) is 19.3 Å². The van der Waals surface area contributed by atoms with Gasteiger partial charge in [-0.15, -0.1) is 40.0 Å². The molecule has 4 amide bonds. The number of aliphatic carboxylic acids is 2. The smallest absolute Gasteiger partial charge is 0.353 e. The Bertz CT molecular complexity index is 2170. The Morgan fingerprint density at radius 1 is 1.00 bits per heavy atom. The number of thioether (sulfide) groups is 3. The molecular weight excluding hydrogens is 872 g/mol. The third-order valence-corrected chi connectivity index (χ3v) is 13.8. The summed E-state index contributed by atoms with van der Waals surface area (Å²) in [5, 5.41) is 37.8. The molecule has 26 heteroatoms. The molecule has 2 aromatic heterocycles. The number of nitrogens with zero attached hydrogens (tertiary/aromatic N) is 8. The molecule has 1 aromatic carbocycles. The van der Waals surface area contributed by atoms with Crippen molar-refractivity contribution in [3.05, 3.63) is 69.0 Å². The van der Waals surface area contributed by atoms with Crippen LogP contribution in [0, 0.1) is 0 Å². The van der Waals surface area contributed by atoms with E-state index in [1.54, 1.807) is 34.3 Å². The molecular formula is C33H39ClN12O9S4. The number of halogens is 1. The third-order valence-electron chi connectivity index (χ3n) is 8.97. The van der Waals surface area contributed by atoms with E-state index in [1.807, 2.05) is 25.1 Å². The van der Waals surface area contributed by atoms with E-state index in [-0.39, 0.29) is 40.0 Å². The van der Waals surface area contributed by atoms with E-state index in [9.17, 15) is 39.0 Å². The molecule has 59 heavy (non-hydrogen) atoms. The van der Waals surface area contributed by atoms with Gasteiger partial charge in [-0.3, -0.25) is 29.0 Å². The molecule has 2 fully saturated rings. The molecule has 0 bridgehead atoms. The molecule has 0 radical (unpaired) electrons. The average Bonchev–Trinajstić information content (AvgIpc) is 3.84. The zero-order chi connectivity index (χ0) is 41.8. The number of carboxylic acids is 2. The molecule has 0 unspecified atom stereocenters. The number of carbonyl (C=O) groups excluding carboxylic acids is 4. The van der Waals surface area contributed by atoms with Crippen molar-refractivity contribution in [3.8, 4) is 0 Å². The van der Waals surface area contributed by atoms with Gasteiger partial charge in [0.1, 0.15) is 40.3 Å². The van der Waals surface area contributed by atoms with Gasteiger partial charge >= 0.3 is 11.9 Å². The molecule has 0 aliphatic carbocycles. The van der Waals surface area contributed by atoms with E-state index in [2.05, 4.69) is 31.1 Å². The molecule has 5 atom stereocenters. The average molecular weight is 911 g/mol. The minimum atomic E-state index is -1.26. The first kappa shape index (κ1) is 45.3. The lowest BCUT2D eigenvalue weighted by Crippen LogP contribution is -2.70. The van der Waals surface area contributed by atoms with E-state index in [1.165, 1.54) is 51.5 Å². The SMILES string of the molecule is CN(C)CCn1nnnc1SCC1=C(C(=O)O)N2C(=O)[C@@H](NC(=O)Cc3csc(N)n3)[C@H]2SC1.N[C@@H](C(=O)N[C@@H]1C(=O)N2C(C(=O)O)=C(Cl)CS[C@H]12)c1ccccc1.O. The monoisotopic (exact) mass is 910 g/mol. The fraction of sp³-hybridized carbons (Fsp3) is 0.394. The maximum Gasteiger partial charge on any atom is 0.353 e. The van der Waals surface area contributed by atoms with Gasteiger partial charge in [0.25, 0.3) is 11.8 Å². The van der Waals surface area contributed by atoms with Crippen molar-refractivity contribution in [1.82, 2.24) is 50.5 Å². The predicted molar refractivity (Wildman–Crippen MR) is 220 cm³/mol. The molecule has 7 rings (SSSR count). The van der Waals surface area contributed by atoms with Gasteiger partial charge < -0.3 is 42.7 Å². The summed E-state index contributed by atoms with van der Waals surface area (Å²) in [6.45, 7) is 1.36. The molecule has 4 aliphatic heterocycles. The highest BCUT2D eigenvalue weighted by atomic mass is 35.5. The maximum absolute atomic E-state index is 12.8. The van der Waals surface area contributed by atoms with Crippen molar-refractivity contribution in [2.24, 2.45) is 5.73 Å². The third kappa shape index (κ3) is 10.00. The number of rotatable bonds is 14. The van der Waals surface area contributed by atoms with E-state index in [0.717, 1.165) is 11.4 Å². The summed E-state index contributed by atoms with van der Waals surface area (Å²) in [5.74, 6) is -3.22. The Morgan fingerprint density at radius 3 is 2.24 bits per heavy atom. The van der Waals surface area contributed by atoms with Crippen LogP contribution < -0.4 is 22.1 Å². The van der Waals surface area contributed by atoms with E-state index in [4.69, 9.17) is 23.1 Å². The number of fused-ring (bicyclic) bond motifs is 2. The normalized spacial score (nSPS) is 21.2. The number of thiazole rings is 1. The van der Waals surface area contributed by atoms with E-state index in [0.29, 0.717) is 45.2 Å². The predicted octanol–water partition coefficient (Wildman–Crippen LogP) is -0.857. The largest absolute Gasteiger partial charge is 0.477 e. The van der Waals surface area contributed by atoms with Crippen molar-refractivity contribution < 1.29 is 44.5 Å². The van der Waals surface area contributed by atoms with Crippen LogP contribution in [0.2, 0.25) is 0 Å². The summed E-state index contributed by atoms with van der Waals surface area (Å²) in [7, 11) is 3.90. The Kier molecular flexibility index (Phi) is 15.0. The molecule has 4 aliphatic rings. The number of aromatic nitrogens is 5. The number of nitrogens with one attached hydrogen (secondary N) is 2. The molecule has 0 spiro atoms. The Labute approximate surface area is 357 Å². The highest BCUT2D eigenvalue weighted by Gasteiger charge is 2.55. The number of benzene rings is 1. The second-order valence-electron chi connectivity index (χ2n) is 13.2. The van der Waals surface area contributed by atoms with Crippen LogP contribution in [0.5, 0.6) is 0 Å². The van der Waals surface area contributed by atoms with Crippen LogP contribution in [0.4, 0.5) is 5.13 Å². The highest BCUT2D eigenvalue weighted by Crippen LogP contribution is 2.42. The summed E-state index contributed by atoms with van der Waals surface area (Å²) in [6.07, 6.45) is 0.000917. The number of tetrazole rings is 1.